The minimum Gasteiger partial charge on any atom is -0.468 e. The Balaban J connectivity index is 2.89. The molecule has 0 saturated heterocycles. The van der Waals surface area contributed by atoms with Gasteiger partial charge in [-0.1, -0.05) is 6.07 Å². The summed E-state index contributed by atoms with van der Waals surface area (Å²) in [4.78, 5) is 24.3. The monoisotopic (exact) mass is 300 g/mol. The van der Waals surface area contributed by atoms with E-state index in [1.54, 1.807) is 18.2 Å². The Morgan fingerprint density at radius 1 is 1.47 bits per heavy atom. The first kappa shape index (κ1) is 13.5. The van der Waals surface area contributed by atoms with Gasteiger partial charge in [-0.05, 0) is 28.1 Å². The predicted octanol–water partition coefficient (Wildman–Crippen LogP) is 1.28. The number of carbonyl (C=O) groups is 2. The van der Waals surface area contributed by atoms with Crippen molar-refractivity contribution in [1.82, 2.24) is 4.90 Å². The molecule has 5 nitrogen and oxygen atoms in total. The number of carbonyl (C=O) groups excluding carboxylic acids is 2. The maximum absolute atomic E-state index is 12.0. The second-order valence-electron chi connectivity index (χ2n) is 3.44. The number of amides is 1. The van der Waals surface area contributed by atoms with Crippen LogP contribution in [0, 0.1) is 0 Å². The van der Waals surface area contributed by atoms with E-state index in [9.17, 15) is 9.59 Å². The van der Waals surface area contributed by atoms with Crippen molar-refractivity contribution in [3.05, 3.63) is 28.2 Å². The SMILES string of the molecule is COC(=O)CN(C)C(=O)c1cccc(Br)c1N. The van der Waals surface area contributed by atoms with Gasteiger partial charge >= 0.3 is 5.97 Å². The number of nitrogens with two attached hydrogens (primary N) is 1. The lowest BCUT2D eigenvalue weighted by atomic mass is 10.1. The van der Waals surface area contributed by atoms with Crippen molar-refractivity contribution in [3.63, 3.8) is 0 Å². The van der Waals surface area contributed by atoms with Gasteiger partial charge in [0.2, 0.25) is 0 Å². The molecule has 1 aromatic rings. The number of rotatable bonds is 3. The first-order valence-corrected chi connectivity index (χ1v) is 5.63. The van der Waals surface area contributed by atoms with Gasteiger partial charge in [-0.25, -0.2) is 0 Å². The van der Waals surface area contributed by atoms with Crippen LogP contribution in [0.3, 0.4) is 0 Å². The van der Waals surface area contributed by atoms with Gasteiger partial charge in [-0.15, -0.1) is 0 Å². The average molecular weight is 301 g/mol. The number of esters is 1. The van der Waals surface area contributed by atoms with E-state index in [2.05, 4.69) is 20.7 Å². The van der Waals surface area contributed by atoms with Crippen molar-refractivity contribution in [2.24, 2.45) is 0 Å². The third-order valence-corrected chi connectivity index (χ3v) is 2.92. The van der Waals surface area contributed by atoms with Crippen molar-refractivity contribution < 1.29 is 14.3 Å². The van der Waals surface area contributed by atoms with Gasteiger partial charge in [-0.2, -0.15) is 0 Å². The fourth-order valence-electron chi connectivity index (χ4n) is 1.26. The van der Waals surface area contributed by atoms with Crippen molar-refractivity contribution >= 4 is 33.5 Å². The summed E-state index contributed by atoms with van der Waals surface area (Å²) in [6.07, 6.45) is 0. The molecular formula is C11H13BrN2O3. The number of ether oxygens (including phenoxy) is 1. The first-order chi connectivity index (χ1) is 7.97. The number of hydrogen-bond donors (Lipinski definition) is 1. The maximum Gasteiger partial charge on any atom is 0.325 e. The minimum atomic E-state index is -0.477. The van der Waals surface area contributed by atoms with Gasteiger partial charge in [-0.3, -0.25) is 9.59 Å². The molecule has 0 aliphatic heterocycles. The average Bonchev–Trinajstić information content (AvgIpc) is 2.31. The van der Waals surface area contributed by atoms with E-state index in [4.69, 9.17) is 5.73 Å². The van der Waals surface area contributed by atoms with E-state index in [1.807, 2.05) is 0 Å². The number of benzene rings is 1. The number of nitrogen functional groups attached to an aromatic ring is 1. The molecule has 0 bridgehead atoms. The van der Waals surface area contributed by atoms with Crippen LogP contribution in [0.5, 0.6) is 0 Å². The number of methoxy groups -OCH3 is 1. The number of para-hydroxylation sites is 1. The van der Waals surface area contributed by atoms with Crippen LogP contribution in [-0.2, 0) is 9.53 Å². The number of nitrogens with zero attached hydrogens (tertiary/aromatic N) is 1. The van der Waals surface area contributed by atoms with Gasteiger partial charge in [0, 0.05) is 11.5 Å². The van der Waals surface area contributed by atoms with Crippen LogP contribution in [-0.4, -0.2) is 37.5 Å². The normalized spacial score (nSPS) is 9.82. The largest absolute Gasteiger partial charge is 0.468 e. The standard InChI is InChI=1S/C11H13BrN2O3/c1-14(6-9(15)17-2)11(16)7-4-3-5-8(12)10(7)13/h3-5H,6,13H2,1-2H3. The highest BCUT2D eigenvalue weighted by Crippen LogP contribution is 2.23. The Labute approximate surface area is 108 Å². The molecule has 0 aliphatic rings. The second kappa shape index (κ2) is 5.67. The number of likely N-dealkylation sites (N-methyl/N-ethyl adjacent to an activating group) is 1. The third kappa shape index (κ3) is 3.20. The lowest BCUT2D eigenvalue weighted by molar-refractivity contribution is -0.141. The van der Waals surface area contributed by atoms with Crippen molar-refractivity contribution in [1.29, 1.82) is 0 Å². The number of halogens is 1. The van der Waals surface area contributed by atoms with Gasteiger partial charge in [0.25, 0.3) is 5.91 Å². The van der Waals surface area contributed by atoms with E-state index in [0.29, 0.717) is 15.7 Å². The summed E-state index contributed by atoms with van der Waals surface area (Å²) in [5.74, 6) is -0.802. The molecule has 0 fully saturated rings. The molecule has 1 aromatic carbocycles. The fraction of sp³-hybridized carbons (Fsp3) is 0.273. The van der Waals surface area contributed by atoms with Gasteiger partial charge in [0.1, 0.15) is 6.54 Å². The van der Waals surface area contributed by atoms with Gasteiger partial charge < -0.3 is 15.4 Å². The van der Waals surface area contributed by atoms with E-state index in [0.717, 1.165) is 0 Å². The lowest BCUT2D eigenvalue weighted by Gasteiger charge is -2.17. The van der Waals surface area contributed by atoms with Crippen LogP contribution in [0.4, 0.5) is 5.69 Å². The van der Waals surface area contributed by atoms with Crippen LogP contribution in [0.15, 0.2) is 22.7 Å². The maximum atomic E-state index is 12.0. The van der Waals surface area contributed by atoms with Crippen molar-refractivity contribution in [2.75, 3.05) is 26.4 Å². The number of anilines is 1. The summed E-state index contributed by atoms with van der Waals surface area (Å²) < 4.78 is 5.14. The Hall–Kier alpha value is -1.56. The topological polar surface area (TPSA) is 72.6 Å². The molecule has 0 atom stereocenters. The van der Waals surface area contributed by atoms with Crippen molar-refractivity contribution in [2.45, 2.75) is 0 Å². The third-order valence-electron chi connectivity index (χ3n) is 2.22. The summed E-state index contributed by atoms with van der Waals surface area (Å²) in [5.41, 5.74) is 6.48. The lowest BCUT2D eigenvalue weighted by Crippen LogP contribution is -2.33. The highest BCUT2D eigenvalue weighted by molar-refractivity contribution is 9.10. The molecule has 1 rings (SSSR count). The predicted molar refractivity (Wildman–Crippen MR) is 67.5 cm³/mol. The number of hydrogen-bond acceptors (Lipinski definition) is 4. The van der Waals surface area contributed by atoms with Crippen LogP contribution in [0.1, 0.15) is 10.4 Å². The molecule has 0 spiro atoms. The molecule has 0 saturated carbocycles. The first-order valence-electron chi connectivity index (χ1n) is 4.83. The quantitative estimate of drug-likeness (QED) is 0.674. The Morgan fingerprint density at radius 3 is 2.71 bits per heavy atom. The molecule has 0 radical (unpaired) electrons. The Bertz CT molecular complexity index is 448. The molecule has 92 valence electrons. The Kier molecular flexibility index (Phi) is 4.51. The fourth-order valence-corrected chi connectivity index (χ4v) is 1.63. The summed E-state index contributed by atoms with van der Waals surface area (Å²) in [5, 5.41) is 0. The molecule has 0 aliphatic carbocycles. The molecule has 0 unspecified atom stereocenters. The smallest absolute Gasteiger partial charge is 0.325 e. The summed E-state index contributed by atoms with van der Waals surface area (Å²) in [7, 11) is 2.79. The van der Waals surface area contributed by atoms with Crippen LogP contribution in [0.25, 0.3) is 0 Å². The second-order valence-corrected chi connectivity index (χ2v) is 4.29. The molecular weight excluding hydrogens is 288 g/mol. The molecule has 1 amide bonds. The van der Waals surface area contributed by atoms with Crippen LogP contribution < -0.4 is 5.73 Å². The van der Waals surface area contributed by atoms with Gasteiger partial charge in [0.15, 0.2) is 0 Å². The molecule has 2 N–H and O–H groups in total. The van der Waals surface area contributed by atoms with E-state index in [1.165, 1.54) is 19.1 Å². The molecule has 0 heterocycles. The highest BCUT2D eigenvalue weighted by Gasteiger charge is 2.18. The van der Waals surface area contributed by atoms with E-state index in [-0.39, 0.29) is 12.5 Å². The molecule has 17 heavy (non-hydrogen) atoms. The van der Waals surface area contributed by atoms with E-state index < -0.39 is 5.97 Å². The van der Waals surface area contributed by atoms with Crippen LogP contribution in [0.2, 0.25) is 0 Å². The summed E-state index contributed by atoms with van der Waals surface area (Å²) in [6, 6.07) is 5.06. The van der Waals surface area contributed by atoms with Crippen molar-refractivity contribution in [3.8, 4) is 0 Å². The zero-order valence-corrected chi connectivity index (χ0v) is 11.2. The Morgan fingerprint density at radius 2 is 2.12 bits per heavy atom. The van der Waals surface area contributed by atoms with E-state index >= 15 is 0 Å². The summed E-state index contributed by atoms with van der Waals surface area (Å²) in [6.45, 7) is -0.110. The summed E-state index contributed by atoms with van der Waals surface area (Å²) >= 11 is 3.24. The van der Waals surface area contributed by atoms with Crippen LogP contribution >= 0.6 is 15.9 Å². The highest BCUT2D eigenvalue weighted by atomic mass is 79.9. The van der Waals surface area contributed by atoms with Gasteiger partial charge in [0.05, 0.1) is 18.4 Å². The minimum absolute atomic E-state index is 0.110. The zero-order valence-electron chi connectivity index (χ0n) is 9.57. The zero-order chi connectivity index (χ0) is 13.0. The molecule has 0 aromatic heterocycles. The molecule has 6 heteroatoms.